The summed E-state index contributed by atoms with van der Waals surface area (Å²) in [6, 6.07) is 5.97. The van der Waals surface area contributed by atoms with Crippen molar-refractivity contribution >= 4 is 5.97 Å². The Labute approximate surface area is 151 Å². The molecule has 0 saturated carbocycles. The lowest BCUT2D eigenvalue weighted by Crippen LogP contribution is -2.36. The Bertz CT molecular complexity index is 774. The molecule has 0 spiro atoms. The van der Waals surface area contributed by atoms with Gasteiger partial charge >= 0.3 is 5.97 Å². The zero-order valence-corrected chi connectivity index (χ0v) is 14.8. The van der Waals surface area contributed by atoms with Crippen molar-refractivity contribution in [1.82, 2.24) is 9.88 Å². The number of aromatic nitrogens is 1. The number of benzene rings is 1. The van der Waals surface area contributed by atoms with E-state index < -0.39 is 11.6 Å². The number of hydrogen-bond acceptors (Lipinski definition) is 4. The minimum Gasteiger partial charge on any atom is -0.466 e. The number of carbonyl (C=O) groups excluding carboxylic acids is 1. The molecular weight excluding hydrogens is 338 g/mol. The summed E-state index contributed by atoms with van der Waals surface area (Å²) in [6.45, 7) is 4.47. The molecule has 26 heavy (non-hydrogen) atoms. The zero-order valence-electron chi connectivity index (χ0n) is 14.8. The van der Waals surface area contributed by atoms with Crippen molar-refractivity contribution in [2.75, 3.05) is 19.7 Å². The number of likely N-dealkylation sites (tertiary alicyclic amines) is 1. The second-order valence-corrected chi connectivity index (χ2v) is 6.49. The molecule has 1 fully saturated rings. The maximum absolute atomic E-state index is 14.0. The molecule has 0 N–H and O–H groups in total. The monoisotopic (exact) mass is 360 g/mol. The van der Waals surface area contributed by atoms with E-state index in [1.807, 2.05) is 13.0 Å². The second kappa shape index (κ2) is 8.36. The maximum Gasteiger partial charge on any atom is 0.309 e. The van der Waals surface area contributed by atoms with Gasteiger partial charge in [-0.1, -0.05) is 12.1 Å². The number of rotatable bonds is 5. The highest BCUT2D eigenvalue weighted by Crippen LogP contribution is 2.26. The van der Waals surface area contributed by atoms with Crippen LogP contribution in [0.25, 0.3) is 11.1 Å². The van der Waals surface area contributed by atoms with Gasteiger partial charge in [-0.2, -0.15) is 0 Å². The van der Waals surface area contributed by atoms with E-state index in [0.717, 1.165) is 37.6 Å². The van der Waals surface area contributed by atoms with Gasteiger partial charge < -0.3 is 4.74 Å². The van der Waals surface area contributed by atoms with Gasteiger partial charge in [0.05, 0.1) is 12.5 Å². The number of piperidine rings is 1. The minimum atomic E-state index is -0.867. The van der Waals surface area contributed by atoms with E-state index in [1.165, 1.54) is 12.3 Å². The first-order valence-corrected chi connectivity index (χ1v) is 8.85. The van der Waals surface area contributed by atoms with Crippen molar-refractivity contribution in [3.63, 3.8) is 0 Å². The van der Waals surface area contributed by atoms with Crippen molar-refractivity contribution in [2.24, 2.45) is 5.92 Å². The lowest BCUT2D eigenvalue weighted by atomic mass is 9.96. The van der Waals surface area contributed by atoms with Gasteiger partial charge in [0, 0.05) is 30.1 Å². The third kappa shape index (κ3) is 4.25. The molecule has 1 aliphatic heterocycles. The highest BCUT2D eigenvalue weighted by atomic mass is 19.2. The first kappa shape index (κ1) is 18.5. The predicted molar refractivity (Wildman–Crippen MR) is 94.2 cm³/mol. The molecule has 6 heteroatoms. The van der Waals surface area contributed by atoms with Gasteiger partial charge in [-0.25, -0.2) is 8.78 Å². The lowest BCUT2D eigenvalue weighted by Gasteiger charge is -2.30. The van der Waals surface area contributed by atoms with Crippen molar-refractivity contribution in [3.8, 4) is 11.1 Å². The predicted octanol–water partition coefficient (Wildman–Crippen LogP) is 3.80. The van der Waals surface area contributed by atoms with Crippen LogP contribution in [0, 0.1) is 17.6 Å². The number of esters is 1. The molecule has 4 nitrogen and oxygen atoms in total. The topological polar surface area (TPSA) is 42.4 Å². The van der Waals surface area contributed by atoms with E-state index >= 15 is 0 Å². The SMILES string of the molecule is CCOC(=O)C1CCN(Cc2cncc(-c3cccc(F)c3F)c2)CC1. The number of pyridine rings is 1. The van der Waals surface area contributed by atoms with Gasteiger partial charge in [0.25, 0.3) is 0 Å². The molecule has 1 aliphatic rings. The molecule has 2 aromatic rings. The molecular formula is C20H22F2N2O2. The first-order chi connectivity index (χ1) is 12.6. The molecule has 3 rings (SSSR count). The van der Waals surface area contributed by atoms with Gasteiger partial charge in [-0.05, 0) is 50.6 Å². The number of hydrogen-bond donors (Lipinski definition) is 0. The highest BCUT2D eigenvalue weighted by Gasteiger charge is 2.26. The largest absolute Gasteiger partial charge is 0.466 e. The number of ether oxygens (including phenoxy) is 1. The number of carbonyl (C=O) groups is 1. The van der Waals surface area contributed by atoms with Crippen LogP contribution in [-0.2, 0) is 16.1 Å². The summed E-state index contributed by atoms with van der Waals surface area (Å²) in [5, 5.41) is 0. The van der Waals surface area contributed by atoms with Gasteiger partial charge in [-0.15, -0.1) is 0 Å². The van der Waals surface area contributed by atoms with E-state index in [-0.39, 0.29) is 17.5 Å². The Kier molecular flexibility index (Phi) is 5.93. The van der Waals surface area contributed by atoms with Gasteiger partial charge in [0.15, 0.2) is 11.6 Å². The Morgan fingerprint density at radius 1 is 1.27 bits per heavy atom. The average Bonchev–Trinajstić information content (AvgIpc) is 2.65. The fraction of sp³-hybridized carbons (Fsp3) is 0.400. The van der Waals surface area contributed by atoms with E-state index in [4.69, 9.17) is 4.74 Å². The molecule has 0 bridgehead atoms. The van der Waals surface area contributed by atoms with Crippen LogP contribution in [0.2, 0.25) is 0 Å². The normalized spacial score (nSPS) is 15.8. The number of nitrogens with zero attached hydrogens (tertiary/aromatic N) is 2. The van der Waals surface area contributed by atoms with Crippen LogP contribution < -0.4 is 0 Å². The fourth-order valence-corrected chi connectivity index (χ4v) is 3.29. The molecule has 0 atom stereocenters. The van der Waals surface area contributed by atoms with Crippen LogP contribution in [0.1, 0.15) is 25.3 Å². The van der Waals surface area contributed by atoms with Crippen molar-refractivity contribution in [1.29, 1.82) is 0 Å². The summed E-state index contributed by atoms with van der Waals surface area (Å²) in [6.07, 6.45) is 4.81. The summed E-state index contributed by atoms with van der Waals surface area (Å²) in [5.41, 5.74) is 1.70. The van der Waals surface area contributed by atoms with Crippen molar-refractivity contribution in [3.05, 3.63) is 53.9 Å². The summed E-state index contributed by atoms with van der Waals surface area (Å²) >= 11 is 0. The maximum atomic E-state index is 14.0. The molecule has 0 radical (unpaired) electrons. The lowest BCUT2D eigenvalue weighted by molar-refractivity contribution is -0.149. The fourth-order valence-electron chi connectivity index (χ4n) is 3.29. The summed E-state index contributed by atoms with van der Waals surface area (Å²) in [5.74, 6) is -1.87. The van der Waals surface area contributed by atoms with Gasteiger partial charge in [-0.3, -0.25) is 14.7 Å². The molecule has 138 valence electrons. The third-order valence-corrected chi connectivity index (χ3v) is 4.67. The Balaban J connectivity index is 1.65. The van der Waals surface area contributed by atoms with Crippen LogP contribution in [0.5, 0.6) is 0 Å². The van der Waals surface area contributed by atoms with E-state index in [0.29, 0.717) is 18.7 Å². The van der Waals surface area contributed by atoms with Crippen molar-refractivity contribution in [2.45, 2.75) is 26.3 Å². The van der Waals surface area contributed by atoms with Crippen molar-refractivity contribution < 1.29 is 18.3 Å². The smallest absolute Gasteiger partial charge is 0.309 e. The summed E-state index contributed by atoms with van der Waals surface area (Å²) in [7, 11) is 0. The molecule has 0 aliphatic carbocycles. The molecule has 2 heterocycles. The average molecular weight is 360 g/mol. The van der Waals surface area contributed by atoms with Gasteiger partial charge in [0.2, 0.25) is 0 Å². The molecule has 1 aromatic carbocycles. The molecule has 0 unspecified atom stereocenters. The van der Waals surface area contributed by atoms with E-state index in [1.54, 1.807) is 12.3 Å². The van der Waals surface area contributed by atoms with Crippen LogP contribution in [0.15, 0.2) is 36.7 Å². The Hall–Kier alpha value is -2.34. The Morgan fingerprint density at radius 3 is 2.77 bits per heavy atom. The summed E-state index contributed by atoms with van der Waals surface area (Å²) in [4.78, 5) is 18.2. The van der Waals surface area contributed by atoms with E-state index in [9.17, 15) is 13.6 Å². The first-order valence-electron chi connectivity index (χ1n) is 8.85. The minimum absolute atomic E-state index is 0.0305. The molecule has 0 amide bonds. The second-order valence-electron chi connectivity index (χ2n) is 6.49. The van der Waals surface area contributed by atoms with Crippen LogP contribution >= 0.6 is 0 Å². The quantitative estimate of drug-likeness (QED) is 0.761. The van der Waals surface area contributed by atoms with E-state index in [2.05, 4.69) is 9.88 Å². The zero-order chi connectivity index (χ0) is 18.5. The van der Waals surface area contributed by atoms with Crippen LogP contribution in [0.3, 0.4) is 0 Å². The summed E-state index contributed by atoms with van der Waals surface area (Å²) < 4.78 is 32.5. The standard InChI is InChI=1S/C20H22F2N2O2/c1-2-26-20(25)15-6-8-24(9-7-15)13-14-10-16(12-23-11-14)17-4-3-5-18(21)19(17)22/h3-5,10-12,15H,2,6-9,13H2,1H3. The Morgan fingerprint density at radius 2 is 2.04 bits per heavy atom. The van der Waals surface area contributed by atoms with Gasteiger partial charge in [0.1, 0.15) is 0 Å². The third-order valence-electron chi connectivity index (χ3n) is 4.67. The highest BCUT2D eigenvalue weighted by molar-refractivity contribution is 5.72. The molecule has 1 aromatic heterocycles. The molecule has 1 saturated heterocycles. The number of halogens is 2. The van der Waals surface area contributed by atoms with Crippen LogP contribution in [-0.4, -0.2) is 35.5 Å². The van der Waals surface area contributed by atoms with Crippen LogP contribution in [0.4, 0.5) is 8.78 Å².